The number of aliphatic hydroxyl groups excluding tert-OH is 1. The van der Waals surface area contributed by atoms with Gasteiger partial charge in [0.25, 0.3) is 0 Å². The summed E-state index contributed by atoms with van der Waals surface area (Å²) in [5.74, 6) is 0. The third-order valence-electron chi connectivity index (χ3n) is 2.26. The molecular formula is C9H11B2ClN2O3S. The molecule has 1 unspecified atom stereocenters. The number of aromatic amines is 1. The van der Waals surface area contributed by atoms with Gasteiger partial charge in [0.2, 0.25) is 0 Å². The van der Waals surface area contributed by atoms with Gasteiger partial charge in [-0.15, -0.1) is 0 Å². The van der Waals surface area contributed by atoms with Gasteiger partial charge in [0.05, 0.1) is 5.02 Å². The fourth-order valence-corrected chi connectivity index (χ4v) is 1.82. The van der Waals surface area contributed by atoms with Crippen molar-refractivity contribution in [2.45, 2.75) is 25.1 Å². The minimum Gasteiger partial charge on any atom is -0.406 e. The number of H-pyrrole nitrogens is 1. The molecule has 1 fully saturated rings. The van der Waals surface area contributed by atoms with Gasteiger partial charge in [-0.25, -0.2) is 4.79 Å². The monoisotopic (exact) mass is 284 g/mol. The van der Waals surface area contributed by atoms with E-state index in [9.17, 15) is 4.79 Å². The van der Waals surface area contributed by atoms with Gasteiger partial charge in [0, 0.05) is 18.7 Å². The lowest BCUT2D eigenvalue weighted by Crippen LogP contribution is -2.27. The largest absolute Gasteiger partial charge is 0.406 e. The molecule has 18 heavy (non-hydrogen) atoms. The van der Waals surface area contributed by atoms with E-state index < -0.39 is 0 Å². The Labute approximate surface area is 117 Å². The molecule has 0 spiro atoms. The molecule has 2 rings (SSSR count). The van der Waals surface area contributed by atoms with E-state index in [0.29, 0.717) is 11.4 Å². The molecule has 0 bridgehead atoms. The molecule has 4 radical (unpaired) electrons. The predicted molar refractivity (Wildman–Crippen MR) is 72.6 cm³/mol. The first-order chi connectivity index (χ1) is 8.49. The van der Waals surface area contributed by atoms with Gasteiger partial charge >= 0.3 is 5.69 Å². The van der Waals surface area contributed by atoms with E-state index in [-0.39, 0.29) is 29.1 Å². The summed E-state index contributed by atoms with van der Waals surface area (Å²) in [6.07, 6.45) is 2.55. The Morgan fingerprint density at radius 3 is 2.78 bits per heavy atom. The first-order valence-electron chi connectivity index (χ1n) is 5.22. The van der Waals surface area contributed by atoms with E-state index >= 15 is 0 Å². The van der Waals surface area contributed by atoms with Gasteiger partial charge in [-0.05, 0) is 12.8 Å². The normalized spacial score (nSPS) is 22.3. The summed E-state index contributed by atoms with van der Waals surface area (Å²) < 4.78 is 6.97. The number of hydrogen-bond donors (Lipinski definition) is 2. The molecule has 1 aromatic rings. The molecule has 1 aromatic heterocycles. The number of aromatic nitrogens is 2. The molecule has 2 N–H and O–H groups in total. The zero-order valence-corrected chi connectivity index (χ0v) is 11.1. The molecule has 0 amide bonds. The van der Waals surface area contributed by atoms with Gasteiger partial charge in [-0.2, -0.15) is 0 Å². The van der Waals surface area contributed by atoms with Crippen LogP contribution < -0.4 is 5.69 Å². The van der Waals surface area contributed by atoms with Crippen molar-refractivity contribution in [3.63, 3.8) is 0 Å². The second-order valence-electron chi connectivity index (χ2n) is 3.53. The summed E-state index contributed by atoms with van der Waals surface area (Å²) in [6, 6.07) is -0.316. The minimum atomic E-state index is -0.350. The number of nitrogens with one attached hydrogen (secondary N) is 1. The maximum Gasteiger partial charge on any atom is 0.328 e. The highest BCUT2D eigenvalue weighted by Crippen LogP contribution is 2.25. The Hall–Kier alpha value is -0.560. The van der Waals surface area contributed by atoms with Crippen molar-refractivity contribution >= 4 is 39.5 Å². The Kier molecular flexibility index (Phi) is 6.14. The molecule has 0 aliphatic carbocycles. The average Bonchev–Trinajstić information content (AvgIpc) is 2.71. The van der Waals surface area contributed by atoms with E-state index in [4.69, 9.17) is 41.5 Å². The van der Waals surface area contributed by atoms with Crippen molar-refractivity contribution in [1.82, 2.24) is 9.55 Å². The smallest absolute Gasteiger partial charge is 0.328 e. The van der Waals surface area contributed by atoms with Gasteiger partial charge in [-0.3, -0.25) is 9.55 Å². The highest BCUT2D eigenvalue weighted by Gasteiger charge is 2.23. The fourth-order valence-electron chi connectivity index (χ4n) is 1.52. The van der Waals surface area contributed by atoms with Crippen molar-refractivity contribution in [3.05, 3.63) is 26.3 Å². The van der Waals surface area contributed by atoms with Crippen molar-refractivity contribution in [2.24, 2.45) is 0 Å². The minimum absolute atomic E-state index is 0.236. The summed E-state index contributed by atoms with van der Waals surface area (Å²) in [5.41, 5.74) is -0.330. The van der Waals surface area contributed by atoms with Crippen LogP contribution in [0.25, 0.3) is 0 Å². The van der Waals surface area contributed by atoms with E-state index in [2.05, 4.69) is 12.8 Å². The highest BCUT2D eigenvalue weighted by molar-refractivity contribution is 7.71. The van der Waals surface area contributed by atoms with Crippen LogP contribution in [0.15, 0.2) is 11.0 Å². The summed E-state index contributed by atoms with van der Waals surface area (Å²) in [6.45, 7) is -0.250. The van der Waals surface area contributed by atoms with Crippen LogP contribution in [0.3, 0.4) is 0 Å². The lowest BCUT2D eigenvalue weighted by molar-refractivity contribution is 0.0341. The third kappa shape index (κ3) is 3.98. The van der Waals surface area contributed by atoms with Gasteiger partial charge in [-0.1, -0.05) is 23.8 Å². The lowest BCUT2D eigenvalue weighted by Gasteiger charge is -2.14. The fraction of sp³-hybridized carbons (Fsp3) is 0.556. The van der Waals surface area contributed by atoms with Gasteiger partial charge in [0.15, 0.2) is 0 Å². The summed E-state index contributed by atoms with van der Waals surface area (Å²) in [5, 5.41) is 7.67. The first-order valence-corrected chi connectivity index (χ1v) is 6.01. The van der Waals surface area contributed by atoms with Crippen molar-refractivity contribution < 1.29 is 9.84 Å². The zero-order chi connectivity index (χ0) is 13.7. The Bertz CT molecular complexity index is 507. The van der Waals surface area contributed by atoms with E-state index in [1.807, 2.05) is 0 Å². The van der Waals surface area contributed by atoms with E-state index in [0.717, 1.165) is 6.42 Å². The molecule has 1 aliphatic rings. The second-order valence-corrected chi connectivity index (χ2v) is 4.35. The van der Waals surface area contributed by atoms with Crippen molar-refractivity contribution in [3.8, 4) is 0 Å². The average molecular weight is 284 g/mol. The van der Waals surface area contributed by atoms with Crippen molar-refractivity contribution in [2.75, 3.05) is 6.51 Å². The van der Waals surface area contributed by atoms with Crippen LogP contribution in [-0.2, 0) is 4.74 Å². The zero-order valence-electron chi connectivity index (χ0n) is 9.51. The molecule has 9 heteroatoms. The molecule has 1 aliphatic heterocycles. The van der Waals surface area contributed by atoms with Gasteiger partial charge < -0.3 is 9.84 Å². The van der Waals surface area contributed by atoms with Crippen LogP contribution in [0.4, 0.5) is 0 Å². The SMILES string of the molecule is [B]CO.[B][C@@H]1CCC(n2cc(Cl)c(=S)[nH]c2=O)O1. The summed E-state index contributed by atoms with van der Waals surface area (Å²) in [4.78, 5) is 14.0. The lowest BCUT2D eigenvalue weighted by atomic mass is 9.98. The Morgan fingerprint density at radius 1 is 1.67 bits per heavy atom. The molecule has 2 heterocycles. The molecular weight excluding hydrogens is 273 g/mol. The molecule has 1 saturated heterocycles. The summed E-state index contributed by atoms with van der Waals surface area (Å²) in [7, 11) is 9.98. The third-order valence-corrected chi connectivity index (χ3v) is 2.99. The number of hydrogen-bond acceptors (Lipinski definition) is 4. The number of nitrogens with zero attached hydrogens (tertiary/aromatic N) is 1. The first kappa shape index (κ1) is 15.5. The topological polar surface area (TPSA) is 67.2 Å². The van der Waals surface area contributed by atoms with Gasteiger partial charge in [0.1, 0.15) is 26.6 Å². The number of aliphatic hydroxyl groups is 1. The maximum absolute atomic E-state index is 11.5. The molecule has 5 nitrogen and oxygen atoms in total. The van der Waals surface area contributed by atoms with Crippen LogP contribution in [0, 0.1) is 4.64 Å². The van der Waals surface area contributed by atoms with Crippen LogP contribution >= 0.6 is 23.8 Å². The maximum atomic E-state index is 11.5. The van der Waals surface area contributed by atoms with Crippen LogP contribution in [0.5, 0.6) is 0 Å². The standard InChI is InChI=1S/C8H8BClN2O2S.CH3BO/c9-5-1-2-6(14-5)12-3-4(10)7(15)11-8(12)13;2-1-3/h3,5-6H,1-2H2,(H,11,13,15);3H,1H2/t5-,6?;/m0./s1. The molecule has 0 aromatic carbocycles. The number of rotatable bonds is 1. The Morgan fingerprint density at radius 2 is 2.28 bits per heavy atom. The molecule has 2 atom stereocenters. The predicted octanol–water partition coefficient (Wildman–Crippen LogP) is 0.468. The van der Waals surface area contributed by atoms with Crippen molar-refractivity contribution in [1.29, 1.82) is 0 Å². The van der Waals surface area contributed by atoms with Crippen LogP contribution in [-0.4, -0.2) is 42.9 Å². The van der Waals surface area contributed by atoms with E-state index in [1.165, 1.54) is 10.8 Å². The highest BCUT2D eigenvalue weighted by atomic mass is 35.5. The van der Waals surface area contributed by atoms with Crippen LogP contribution in [0.2, 0.25) is 5.02 Å². The summed E-state index contributed by atoms with van der Waals surface area (Å²) >= 11 is 10.7. The quantitative estimate of drug-likeness (QED) is 0.581. The molecule has 0 saturated carbocycles. The molecule has 94 valence electrons. The number of halogens is 1. The Balaban J connectivity index is 0.000000492. The second kappa shape index (κ2) is 7.13. The van der Waals surface area contributed by atoms with Crippen LogP contribution in [0.1, 0.15) is 19.1 Å². The van der Waals surface area contributed by atoms with E-state index in [1.54, 1.807) is 0 Å². The number of ether oxygens (including phenoxy) is 1.